The summed E-state index contributed by atoms with van der Waals surface area (Å²) in [5, 5.41) is 12.6. The van der Waals surface area contributed by atoms with Crippen LogP contribution in [0.25, 0.3) is 0 Å². The number of carboxylic acid groups (broad SMARTS) is 1. The highest BCUT2D eigenvalue weighted by atomic mass is 35.5. The van der Waals surface area contributed by atoms with Gasteiger partial charge in [-0.15, -0.1) is 0 Å². The van der Waals surface area contributed by atoms with Gasteiger partial charge in [-0.05, 0) is 43.7 Å². The Balaban J connectivity index is 2.21. The number of carbonyl (C=O) groups excluding carboxylic acids is 1. The van der Waals surface area contributed by atoms with Crippen LogP contribution in [0.15, 0.2) is 24.3 Å². The zero-order valence-electron chi connectivity index (χ0n) is 10.3. The molecule has 2 rings (SSSR count). The molecule has 1 aromatic carbocycles. The number of nitrogens with zero attached hydrogens (tertiary/aromatic N) is 1. The molecule has 0 spiro atoms. The molecule has 1 aliphatic heterocycles. The van der Waals surface area contributed by atoms with Gasteiger partial charge in [0.15, 0.2) is 0 Å². The summed E-state index contributed by atoms with van der Waals surface area (Å²) in [6.45, 7) is 0.441. The summed E-state index contributed by atoms with van der Waals surface area (Å²) < 4.78 is 0. The molecule has 6 heteroatoms. The molecular formula is C13H15ClN2O3. The largest absolute Gasteiger partial charge is 0.480 e. The van der Waals surface area contributed by atoms with E-state index < -0.39 is 5.97 Å². The fraction of sp³-hybridized carbons (Fsp3) is 0.385. The Kier molecular flexibility index (Phi) is 4.39. The highest BCUT2D eigenvalue weighted by Gasteiger charge is 2.28. The Morgan fingerprint density at radius 1 is 1.37 bits per heavy atom. The van der Waals surface area contributed by atoms with Crippen LogP contribution in [0.5, 0.6) is 0 Å². The summed E-state index contributed by atoms with van der Waals surface area (Å²) in [6.07, 6.45) is 1.67. The molecule has 1 amide bonds. The molecule has 5 nitrogen and oxygen atoms in total. The van der Waals surface area contributed by atoms with Gasteiger partial charge in [0.1, 0.15) is 6.54 Å². The van der Waals surface area contributed by atoms with Gasteiger partial charge in [0.2, 0.25) is 5.91 Å². The third-order valence-electron chi connectivity index (χ3n) is 3.06. The maximum absolute atomic E-state index is 12.3. The highest BCUT2D eigenvalue weighted by Crippen LogP contribution is 2.20. The van der Waals surface area contributed by atoms with Gasteiger partial charge in [-0.2, -0.15) is 0 Å². The van der Waals surface area contributed by atoms with Crippen LogP contribution in [0.1, 0.15) is 12.8 Å². The lowest BCUT2D eigenvalue weighted by atomic mass is 10.2. The van der Waals surface area contributed by atoms with E-state index in [1.807, 2.05) is 0 Å². The predicted molar refractivity (Wildman–Crippen MR) is 72.5 cm³/mol. The van der Waals surface area contributed by atoms with Crippen molar-refractivity contribution in [1.29, 1.82) is 0 Å². The SMILES string of the molecule is O=C(O)CN(C(=O)C1CCCN1)c1ccc(Cl)cc1. The van der Waals surface area contributed by atoms with Crippen molar-refractivity contribution in [3.63, 3.8) is 0 Å². The van der Waals surface area contributed by atoms with E-state index in [1.165, 1.54) is 4.90 Å². The molecule has 0 aromatic heterocycles. The van der Waals surface area contributed by atoms with E-state index in [0.717, 1.165) is 19.4 Å². The van der Waals surface area contributed by atoms with Crippen molar-refractivity contribution in [2.24, 2.45) is 0 Å². The molecule has 102 valence electrons. The number of carboxylic acids is 1. The monoisotopic (exact) mass is 282 g/mol. The fourth-order valence-corrected chi connectivity index (χ4v) is 2.26. The molecule has 19 heavy (non-hydrogen) atoms. The van der Waals surface area contributed by atoms with Crippen molar-refractivity contribution in [1.82, 2.24) is 5.32 Å². The lowest BCUT2D eigenvalue weighted by molar-refractivity contribution is -0.136. The van der Waals surface area contributed by atoms with Gasteiger partial charge in [0.05, 0.1) is 6.04 Å². The minimum atomic E-state index is -1.04. The van der Waals surface area contributed by atoms with Gasteiger partial charge < -0.3 is 10.4 Å². The van der Waals surface area contributed by atoms with Crippen LogP contribution < -0.4 is 10.2 Å². The molecule has 1 unspecified atom stereocenters. The number of amides is 1. The third-order valence-corrected chi connectivity index (χ3v) is 3.31. The first-order chi connectivity index (χ1) is 9.08. The smallest absolute Gasteiger partial charge is 0.323 e. The van der Waals surface area contributed by atoms with Crippen LogP contribution in [-0.2, 0) is 9.59 Å². The fourth-order valence-electron chi connectivity index (χ4n) is 2.14. The molecule has 0 aliphatic carbocycles. The topological polar surface area (TPSA) is 69.6 Å². The maximum Gasteiger partial charge on any atom is 0.323 e. The molecule has 1 heterocycles. The standard InChI is InChI=1S/C13H15ClN2O3/c14-9-3-5-10(6-4-9)16(8-12(17)18)13(19)11-2-1-7-15-11/h3-6,11,15H,1-2,7-8H2,(H,17,18). The normalized spacial score (nSPS) is 18.3. The van der Waals surface area contributed by atoms with E-state index >= 15 is 0 Å². The summed E-state index contributed by atoms with van der Waals surface area (Å²) >= 11 is 5.80. The third kappa shape index (κ3) is 3.45. The molecule has 0 radical (unpaired) electrons. The average Bonchev–Trinajstić information content (AvgIpc) is 2.90. The second-order valence-corrected chi connectivity index (χ2v) is 4.88. The first kappa shape index (κ1) is 13.8. The highest BCUT2D eigenvalue weighted by molar-refractivity contribution is 6.30. The van der Waals surface area contributed by atoms with Gasteiger partial charge in [0.25, 0.3) is 0 Å². The van der Waals surface area contributed by atoms with Crippen molar-refractivity contribution < 1.29 is 14.7 Å². The minimum absolute atomic E-state index is 0.206. The molecule has 1 atom stereocenters. The van der Waals surface area contributed by atoms with Crippen molar-refractivity contribution in [2.45, 2.75) is 18.9 Å². The van der Waals surface area contributed by atoms with E-state index in [4.69, 9.17) is 16.7 Å². The molecule has 0 bridgehead atoms. The van der Waals surface area contributed by atoms with Crippen molar-refractivity contribution >= 4 is 29.2 Å². The number of rotatable bonds is 4. The summed E-state index contributed by atoms with van der Waals surface area (Å²) in [5.41, 5.74) is 0.547. The number of benzene rings is 1. The summed E-state index contributed by atoms with van der Waals surface area (Å²) in [7, 11) is 0. The zero-order chi connectivity index (χ0) is 13.8. The number of halogens is 1. The average molecular weight is 283 g/mol. The zero-order valence-corrected chi connectivity index (χ0v) is 11.1. The van der Waals surface area contributed by atoms with Gasteiger partial charge in [-0.25, -0.2) is 0 Å². The quantitative estimate of drug-likeness (QED) is 0.878. The van der Waals surface area contributed by atoms with Crippen molar-refractivity contribution in [3.05, 3.63) is 29.3 Å². The Morgan fingerprint density at radius 3 is 2.58 bits per heavy atom. The van der Waals surface area contributed by atoms with Crippen LogP contribution in [-0.4, -0.2) is 36.1 Å². The van der Waals surface area contributed by atoms with Crippen molar-refractivity contribution in [3.8, 4) is 0 Å². The maximum atomic E-state index is 12.3. The van der Waals surface area contributed by atoms with Crippen LogP contribution >= 0.6 is 11.6 Å². The number of aliphatic carboxylic acids is 1. The van der Waals surface area contributed by atoms with Gasteiger partial charge in [0, 0.05) is 10.7 Å². The van der Waals surface area contributed by atoms with Crippen LogP contribution in [0, 0.1) is 0 Å². The Bertz CT molecular complexity index is 469. The summed E-state index contributed by atoms with van der Waals surface area (Å²) in [4.78, 5) is 24.5. The first-order valence-corrected chi connectivity index (χ1v) is 6.48. The van der Waals surface area contributed by atoms with Crippen molar-refractivity contribution in [2.75, 3.05) is 18.0 Å². The number of carbonyl (C=O) groups is 2. The Hall–Kier alpha value is -1.59. The Morgan fingerprint density at radius 2 is 2.05 bits per heavy atom. The number of anilines is 1. The number of hydrogen-bond donors (Lipinski definition) is 2. The van der Waals surface area contributed by atoms with E-state index in [2.05, 4.69) is 5.32 Å². The Labute approximate surface area is 116 Å². The summed E-state index contributed by atoms with van der Waals surface area (Å²) in [5.74, 6) is -1.25. The molecule has 1 aromatic rings. The van der Waals surface area contributed by atoms with E-state index in [-0.39, 0.29) is 18.5 Å². The number of nitrogens with one attached hydrogen (secondary N) is 1. The predicted octanol–water partition coefficient (Wildman–Crippen LogP) is 1.51. The van der Waals surface area contributed by atoms with Crippen LogP contribution in [0.2, 0.25) is 5.02 Å². The van der Waals surface area contributed by atoms with E-state index in [1.54, 1.807) is 24.3 Å². The van der Waals surface area contributed by atoms with Gasteiger partial charge in [-0.1, -0.05) is 11.6 Å². The second-order valence-electron chi connectivity index (χ2n) is 4.44. The molecule has 1 aliphatic rings. The van der Waals surface area contributed by atoms with Gasteiger partial charge in [-0.3, -0.25) is 14.5 Å². The minimum Gasteiger partial charge on any atom is -0.480 e. The van der Waals surface area contributed by atoms with Gasteiger partial charge >= 0.3 is 5.97 Å². The molecule has 1 fully saturated rings. The lowest BCUT2D eigenvalue weighted by Gasteiger charge is -2.24. The second kappa shape index (κ2) is 6.04. The van der Waals surface area contributed by atoms with Crippen LogP contribution in [0.4, 0.5) is 5.69 Å². The lowest BCUT2D eigenvalue weighted by Crippen LogP contribution is -2.46. The molecular weight excluding hydrogens is 268 g/mol. The molecule has 0 saturated carbocycles. The van der Waals surface area contributed by atoms with E-state index in [0.29, 0.717) is 10.7 Å². The van der Waals surface area contributed by atoms with Crippen LogP contribution in [0.3, 0.4) is 0 Å². The molecule has 2 N–H and O–H groups in total. The molecule has 1 saturated heterocycles. The first-order valence-electron chi connectivity index (χ1n) is 6.10. The summed E-state index contributed by atoms with van der Waals surface area (Å²) in [6, 6.07) is 6.29. The van der Waals surface area contributed by atoms with E-state index in [9.17, 15) is 9.59 Å². The number of hydrogen-bond acceptors (Lipinski definition) is 3.